The van der Waals surface area contributed by atoms with Crippen LogP contribution in [0.15, 0.2) is 18.2 Å². The first-order valence-corrected chi connectivity index (χ1v) is 7.79. The number of anilines is 1. The van der Waals surface area contributed by atoms with E-state index < -0.39 is 0 Å². The van der Waals surface area contributed by atoms with Crippen molar-refractivity contribution in [2.45, 2.75) is 65.0 Å². The van der Waals surface area contributed by atoms with E-state index in [0.29, 0.717) is 0 Å². The molecule has 0 saturated heterocycles. The van der Waals surface area contributed by atoms with Gasteiger partial charge in [-0.1, -0.05) is 19.1 Å². The Hall–Kier alpha value is -1.51. The fourth-order valence-corrected chi connectivity index (χ4v) is 2.69. The third-order valence-corrected chi connectivity index (χ3v) is 4.16. The van der Waals surface area contributed by atoms with Crippen molar-refractivity contribution in [1.82, 2.24) is 5.32 Å². The van der Waals surface area contributed by atoms with Crippen LogP contribution in [0.25, 0.3) is 0 Å². The van der Waals surface area contributed by atoms with Crippen molar-refractivity contribution in [3.8, 4) is 0 Å². The van der Waals surface area contributed by atoms with Crippen LogP contribution in [0, 0.1) is 0 Å². The zero-order valence-electron chi connectivity index (χ0n) is 12.8. The number of nitrogens with one attached hydrogen (secondary N) is 2. The molecule has 0 aliphatic heterocycles. The summed E-state index contributed by atoms with van der Waals surface area (Å²) in [7, 11) is 0. The lowest BCUT2D eigenvalue weighted by Gasteiger charge is -2.23. The van der Waals surface area contributed by atoms with Gasteiger partial charge in [0.15, 0.2) is 0 Å². The van der Waals surface area contributed by atoms with Gasteiger partial charge in [-0.3, -0.25) is 4.79 Å². The number of hydrogen-bond acceptors (Lipinski definition) is 2. The zero-order chi connectivity index (χ0) is 14.5. The predicted molar refractivity (Wildman–Crippen MR) is 84.1 cm³/mol. The summed E-state index contributed by atoms with van der Waals surface area (Å²) in [5.41, 5.74) is 3.98. The molecule has 0 heterocycles. The van der Waals surface area contributed by atoms with Crippen LogP contribution in [0.3, 0.4) is 0 Å². The number of rotatable bonds is 5. The molecule has 1 amide bonds. The number of benzene rings is 1. The predicted octanol–water partition coefficient (Wildman–Crippen LogP) is 3.28. The van der Waals surface area contributed by atoms with Crippen molar-refractivity contribution in [3.05, 3.63) is 29.3 Å². The van der Waals surface area contributed by atoms with Crippen LogP contribution in [0.2, 0.25) is 0 Å². The van der Waals surface area contributed by atoms with Crippen LogP contribution in [0.5, 0.6) is 0 Å². The second-order valence-corrected chi connectivity index (χ2v) is 5.83. The summed E-state index contributed by atoms with van der Waals surface area (Å²) >= 11 is 0. The van der Waals surface area contributed by atoms with Gasteiger partial charge in [0.25, 0.3) is 0 Å². The van der Waals surface area contributed by atoms with Crippen molar-refractivity contribution in [2.75, 3.05) is 5.32 Å². The molecular weight excluding hydrogens is 248 g/mol. The van der Waals surface area contributed by atoms with E-state index in [1.54, 1.807) is 0 Å². The largest absolute Gasteiger partial charge is 0.374 e. The van der Waals surface area contributed by atoms with E-state index in [4.69, 9.17) is 0 Å². The van der Waals surface area contributed by atoms with Gasteiger partial charge in [0.1, 0.15) is 6.04 Å². The Morgan fingerprint density at radius 1 is 1.25 bits per heavy atom. The maximum Gasteiger partial charge on any atom is 0.242 e. The third kappa shape index (κ3) is 3.53. The fraction of sp³-hybridized carbons (Fsp3) is 0.588. The van der Waals surface area contributed by atoms with Gasteiger partial charge in [0.05, 0.1) is 0 Å². The summed E-state index contributed by atoms with van der Waals surface area (Å²) < 4.78 is 0. The maximum absolute atomic E-state index is 12.1. The van der Waals surface area contributed by atoms with Crippen LogP contribution < -0.4 is 10.6 Å². The lowest BCUT2D eigenvalue weighted by molar-refractivity contribution is -0.122. The molecule has 2 rings (SSSR count). The minimum atomic E-state index is -0.197. The second kappa shape index (κ2) is 6.78. The van der Waals surface area contributed by atoms with Crippen molar-refractivity contribution in [3.63, 3.8) is 0 Å². The number of amides is 1. The van der Waals surface area contributed by atoms with Gasteiger partial charge < -0.3 is 10.6 Å². The van der Waals surface area contributed by atoms with Gasteiger partial charge in [-0.05, 0) is 63.1 Å². The highest BCUT2D eigenvalue weighted by atomic mass is 16.2. The Labute approximate surface area is 122 Å². The topological polar surface area (TPSA) is 41.1 Å². The highest BCUT2D eigenvalue weighted by molar-refractivity contribution is 5.84. The number of aryl methyl sites for hydroxylation is 1. The van der Waals surface area contributed by atoms with Gasteiger partial charge in [0, 0.05) is 11.7 Å². The van der Waals surface area contributed by atoms with Crippen molar-refractivity contribution in [1.29, 1.82) is 0 Å². The highest BCUT2D eigenvalue weighted by Crippen LogP contribution is 2.28. The molecular formula is C17H26N2O. The third-order valence-electron chi connectivity index (χ3n) is 4.16. The first-order valence-electron chi connectivity index (χ1n) is 7.79. The highest BCUT2D eigenvalue weighted by Gasteiger charge is 2.18. The molecule has 0 fully saturated rings. The molecule has 0 spiro atoms. The normalized spacial score (nSPS) is 16.9. The van der Waals surface area contributed by atoms with Gasteiger partial charge in [-0.2, -0.15) is 0 Å². The number of hydrogen-bond donors (Lipinski definition) is 2. The molecule has 1 aromatic rings. The minimum Gasteiger partial charge on any atom is -0.374 e. The Kier molecular flexibility index (Phi) is 5.05. The molecule has 3 heteroatoms. The number of carbonyl (C=O) groups excluding carboxylic acids is 1. The van der Waals surface area contributed by atoms with Gasteiger partial charge in [-0.25, -0.2) is 0 Å². The number of carbonyl (C=O) groups is 1. The number of fused-ring (bicyclic) bond motifs is 1. The molecule has 1 aliphatic carbocycles. The molecule has 1 aliphatic rings. The van der Waals surface area contributed by atoms with E-state index >= 15 is 0 Å². The SMILES string of the molecule is CCC(C)NC(=O)C(C)Nc1cccc2c1CCCC2. The Balaban J connectivity index is 2.04. The standard InChI is InChI=1S/C17H26N2O/c1-4-12(2)18-17(20)13(3)19-16-11-7-9-14-8-5-6-10-15(14)16/h7,9,11-13,19H,4-6,8,10H2,1-3H3,(H,18,20). The first kappa shape index (κ1) is 14.9. The average molecular weight is 274 g/mol. The van der Waals surface area contributed by atoms with Crippen molar-refractivity contribution in [2.24, 2.45) is 0 Å². The summed E-state index contributed by atoms with van der Waals surface area (Å²) in [6, 6.07) is 6.43. The zero-order valence-corrected chi connectivity index (χ0v) is 12.8. The molecule has 2 unspecified atom stereocenters. The van der Waals surface area contributed by atoms with Gasteiger partial charge in [-0.15, -0.1) is 0 Å². The molecule has 2 atom stereocenters. The van der Waals surface area contributed by atoms with Crippen LogP contribution >= 0.6 is 0 Å². The van der Waals surface area contributed by atoms with Crippen LogP contribution in [0.4, 0.5) is 5.69 Å². The van der Waals surface area contributed by atoms with Crippen molar-refractivity contribution < 1.29 is 4.79 Å². The summed E-state index contributed by atoms with van der Waals surface area (Å²) in [5, 5.41) is 6.42. The van der Waals surface area contributed by atoms with Crippen LogP contribution in [-0.4, -0.2) is 18.0 Å². The molecule has 1 aromatic carbocycles. The fourth-order valence-electron chi connectivity index (χ4n) is 2.69. The Bertz CT molecular complexity index is 470. The second-order valence-electron chi connectivity index (χ2n) is 5.83. The lowest BCUT2D eigenvalue weighted by atomic mass is 9.90. The van der Waals surface area contributed by atoms with E-state index in [1.165, 1.54) is 24.0 Å². The molecule has 110 valence electrons. The molecule has 20 heavy (non-hydrogen) atoms. The Morgan fingerprint density at radius 2 is 2.00 bits per heavy atom. The Morgan fingerprint density at radius 3 is 2.75 bits per heavy atom. The molecule has 0 bridgehead atoms. The van der Waals surface area contributed by atoms with Crippen molar-refractivity contribution >= 4 is 11.6 Å². The maximum atomic E-state index is 12.1. The molecule has 0 aromatic heterocycles. The van der Waals surface area contributed by atoms with E-state index in [1.807, 2.05) is 13.8 Å². The summed E-state index contributed by atoms with van der Waals surface area (Å²) in [6.45, 7) is 6.05. The van der Waals surface area contributed by atoms with Crippen LogP contribution in [-0.2, 0) is 17.6 Å². The van der Waals surface area contributed by atoms with E-state index in [-0.39, 0.29) is 18.0 Å². The first-order chi connectivity index (χ1) is 9.61. The lowest BCUT2D eigenvalue weighted by Crippen LogP contribution is -2.42. The molecule has 0 saturated carbocycles. The molecule has 0 radical (unpaired) electrons. The molecule has 3 nitrogen and oxygen atoms in total. The summed E-state index contributed by atoms with van der Waals surface area (Å²) in [4.78, 5) is 12.1. The summed E-state index contributed by atoms with van der Waals surface area (Å²) in [6.07, 6.45) is 5.77. The van der Waals surface area contributed by atoms with E-state index in [2.05, 4.69) is 35.8 Å². The van der Waals surface area contributed by atoms with E-state index in [9.17, 15) is 4.79 Å². The monoisotopic (exact) mass is 274 g/mol. The molecule has 2 N–H and O–H groups in total. The van der Waals surface area contributed by atoms with E-state index in [0.717, 1.165) is 24.9 Å². The van der Waals surface area contributed by atoms with Gasteiger partial charge in [0.2, 0.25) is 5.91 Å². The summed E-state index contributed by atoms with van der Waals surface area (Å²) in [5.74, 6) is 0.0766. The average Bonchev–Trinajstić information content (AvgIpc) is 2.47. The van der Waals surface area contributed by atoms with Gasteiger partial charge >= 0.3 is 0 Å². The van der Waals surface area contributed by atoms with Crippen LogP contribution in [0.1, 0.15) is 51.2 Å². The minimum absolute atomic E-state index is 0.0766. The smallest absolute Gasteiger partial charge is 0.242 e. The quantitative estimate of drug-likeness (QED) is 0.865.